The van der Waals surface area contributed by atoms with Crippen molar-refractivity contribution < 1.29 is 0 Å². The minimum atomic E-state index is 1.00. The van der Waals surface area contributed by atoms with E-state index in [0.717, 1.165) is 14.2 Å². The van der Waals surface area contributed by atoms with Crippen molar-refractivity contribution in [2.75, 3.05) is 19.8 Å². The molecule has 0 aliphatic carbocycles. The molecule has 2 atom stereocenters. The van der Waals surface area contributed by atoms with E-state index in [9.17, 15) is 0 Å². The van der Waals surface area contributed by atoms with Crippen molar-refractivity contribution in [2.24, 2.45) is 0 Å². The molecule has 1 rings (SSSR count). The van der Waals surface area contributed by atoms with Crippen LogP contribution in [-0.2, 0) is 0 Å². The molecule has 1 heterocycles. The highest BCUT2D eigenvalue weighted by molar-refractivity contribution is 7.37. The van der Waals surface area contributed by atoms with E-state index >= 15 is 0 Å². The lowest BCUT2D eigenvalue weighted by atomic mass is 10.2. The first-order valence-electron chi connectivity index (χ1n) is 3.31. The average molecular weight is 131 g/mol. The van der Waals surface area contributed by atoms with E-state index in [-0.39, 0.29) is 0 Å². The van der Waals surface area contributed by atoms with Crippen LogP contribution in [0.2, 0.25) is 0 Å². The molecule has 48 valence electrons. The lowest BCUT2D eigenvalue weighted by molar-refractivity contribution is 0.529. The van der Waals surface area contributed by atoms with E-state index < -0.39 is 0 Å². The molecule has 0 amide bonds. The van der Waals surface area contributed by atoms with Crippen molar-refractivity contribution in [1.29, 1.82) is 0 Å². The van der Waals surface area contributed by atoms with E-state index in [1.165, 1.54) is 25.9 Å². The van der Waals surface area contributed by atoms with Gasteiger partial charge in [0.1, 0.15) is 0 Å². The summed E-state index contributed by atoms with van der Waals surface area (Å²) in [5.41, 5.74) is 1.00. The highest BCUT2D eigenvalue weighted by Crippen LogP contribution is 2.20. The summed E-state index contributed by atoms with van der Waals surface area (Å²) >= 11 is 0. The van der Waals surface area contributed by atoms with Gasteiger partial charge in [0.2, 0.25) is 0 Å². The van der Waals surface area contributed by atoms with Crippen LogP contribution in [0.3, 0.4) is 0 Å². The quantitative estimate of drug-likeness (QED) is 0.524. The SMILES string of the molecule is CPC1CCCNC1. The summed E-state index contributed by atoms with van der Waals surface area (Å²) in [6.07, 6.45) is 2.85. The number of hydrogen-bond donors (Lipinski definition) is 1. The fraction of sp³-hybridized carbons (Fsp3) is 1.00. The minimum absolute atomic E-state index is 1.00. The molecule has 1 aliphatic heterocycles. The standard InChI is InChI=1S/C6H14NP/c1-8-6-3-2-4-7-5-6/h6-8H,2-5H2,1H3. The summed E-state index contributed by atoms with van der Waals surface area (Å²) in [7, 11) is 1.14. The molecule has 2 unspecified atom stereocenters. The Morgan fingerprint density at radius 3 is 2.88 bits per heavy atom. The molecule has 1 N–H and O–H groups in total. The molecule has 1 saturated heterocycles. The third-order valence-electron chi connectivity index (χ3n) is 1.71. The van der Waals surface area contributed by atoms with Gasteiger partial charge in [-0.3, -0.25) is 0 Å². The molecule has 2 heteroatoms. The Balaban J connectivity index is 2.13. The highest BCUT2D eigenvalue weighted by atomic mass is 31.1. The van der Waals surface area contributed by atoms with Gasteiger partial charge in [-0.15, -0.1) is 8.58 Å². The first kappa shape index (κ1) is 6.51. The van der Waals surface area contributed by atoms with Crippen molar-refractivity contribution in [1.82, 2.24) is 5.32 Å². The van der Waals surface area contributed by atoms with Crippen LogP contribution in [-0.4, -0.2) is 25.4 Å². The number of nitrogens with one attached hydrogen (secondary N) is 1. The Bertz CT molecular complexity index is 59.5. The van der Waals surface area contributed by atoms with E-state index in [2.05, 4.69) is 12.0 Å². The Kier molecular flexibility index (Phi) is 2.78. The first-order chi connectivity index (χ1) is 3.93. The molecular weight excluding hydrogens is 117 g/mol. The fourth-order valence-electron chi connectivity index (χ4n) is 1.10. The molecule has 1 nitrogen and oxygen atoms in total. The lowest BCUT2D eigenvalue weighted by Crippen LogP contribution is -2.30. The zero-order valence-electron chi connectivity index (χ0n) is 5.41. The second kappa shape index (κ2) is 3.42. The van der Waals surface area contributed by atoms with Gasteiger partial charge in [-0.05, 0) is 31.7 Å². The number of piperidine rings is 1. The maximum Gasteiger partial charge on any atom is 0.00165 e. The van der Waals surface area contributed by atoms with Crippen molar-refractivity contribution in [3.05, 3.63) is 0 Å². The van der Waals surface area contributed by atoms with Crippen molar-refractivity contribution >= 4 is 8.58 Å². The van der Waals surface area contributed by atoms with Crippen molar-refractivity contribution in [3.63, 3.8) is 0 Å². The van der Waals surface area contributed by atoms with Crippen molar-refractivity contribution in [3.8, 4) is 0 Å². The van der Waals surface area contributed by atoms with Crippen LogP contribution in [0, 0.1) is 0 Å². The van der Waals surface area contributed by atoms with Gasteiger partial charge in [-0.25, -0.2) is 0 Å². The van der Waals surface area contributed by atoms with Gasteiger partial charge in [0.05, 0.1) is 0 Å². The molecule has 8 heavy (non-hydrogen) atoms. The summed E-state index contributed by atoms with van der Waals surface area (Å²) in [6, 6.07) is 0. The number of rotatable bonds is 1. The zero-order valence-corrected chi connectivity index (χ0v) is 6.41. The van der Waals surface area contributed by atoms with Gasteiger partial charge in [-0.1, -0.05) is 0 Å². The van der Waals surface area contributed by atoms with Crippen LogP contribution >= 0.6 is 8.58 Å². The van der Waals surface area contributed by atoms with Gasteiger partial charge in [0, 0.05) is 6.54 Å². The molecule has 0 aromatic heterocycles. The first-order valence-corrected chi connectivity index (χ1v) is 4.89. The van der Waals surface area contributed by atoms with Gasteiger partial charge in [0.25, 0.3) is 0 Å². The van der Waals surface area contributed by atoms with Crippen molar-refractivity contribution in [2.45, 2.75) is 18.5 Å². The van der Waals surface area contributed by atoms with Crippen LogP contribution in [0.25, 0.3) is 0 Å². The Hall–Kier alpha value is 0.390. The maximum absolute atomic E-state index is 3.39. The van der Waals surface area contributed by atoms with Gasteiger partial charge < -0.3 is 5.32 Å². The predicted molar refractivity (Wildman–Crippen MR) is 40.1 cm³/mol. The predicted octanol–water partition coefficient (Wildman–Crippen LogP) is 1.05. The van der Waals surface area contributed by atoms with Gasteiger partial charge in [-0.2, -0.15) is 0 Å². The normalized spacial score (nSPS) is 31.9. The molecule has 0 aromatic rings. The van der Waals surface area contributed by atoms with E-state index in [0.29, 0.717) is 0 Å². The van der Waals surface area contributed by atoms with E-state index in [1.54, 1.807) is 0 Å². The smallest absolute Gasteiger partial charge is 0.00165 e. The van der Waals surface area contributed by atoms with Crippen LogP contribution in [0.15, 0.2) is 0 Å². The zero-order chi connectivity index (χ0) is 5.82. The third kappa shape index (κ3) is 1.72. The number of hydrogen-bond acceptors (Lipinski definition) is 1. The molecule has 0 aromatic carbocycles. The Labute approximate surface area is 53.0 Å². The highest BCUT2D eigenvalue weighted by Gasteiger charge is 2.08. The molecule has 0 spiro atoms. The van der Waals surface area contributed by atoms with Crippen LogP contribution in [0.1, 0.15) is 12.8 Å². The summed E-state index contributed by atoms with van der Waals surface area (Å²) in [4.78, 5) is 0. The van der Waals surface area contributed by atoms with Gasteiger partial charge >= 0.3 is 0 Å². The average Bonchev–Trinajstić information content (AvgIpc) is 1.90. The molecular formula is C6H14NP. The van der Waals surface area contributed by atoms with Crippen LogP contribution in [0.4, 0.5) is 0 Å². The Morgan fingerprint density at radius 2 is 2.50 bits per heavy atom. The van der Waals surface area contributed by atoms with E-state index in [4.69, 9.17) is 0 Å². The second-order valence-corrected chi connectivity index (χ2v) is 3.73. The topological polar surface area (TPSA) is 12.0 Å². The molecule has 1 fully saturated rings. The monoisotopic (exact) mass is 131 g/mol. The Morgan fingerprint density at radius 1 is 1.62 bits per heavy atom. The summed E-state index contributed by atoms with van der Waals surface area (Å²) < 4.78 is 0. The van der Waals surface area contributed by atoms with Crippen LogP contribution < -0.4 is 5.32 Å². The van der Waals surface area contributed by atoms with Crippen LogP contribution in [0.5, 0.6) is 0 Å². The minimum Gasteiger partial charge on any atom is -0.316 e. The fourth-order valence-corrected chi connectivity index (χ4v) is 1.94. The summed E-state index contributed by atoms with van der Waals surface area (Å²) in [5.74, 6) is 0. The summed E-state index contributed by atoms with van der Waals surface area (Å²) in [6.45, 7) is 4.83. The molecule has 0 bridgehead atoms. The largest absolute Gasteiger partial charge is 0.316 e. The maximum atomic E-state index is 3.39. The summed E-state index contributed by atoms with van der Waals surface area (Å²) in [5, 5.41) is 3.39. The third-order valence-corrected chi connectivity index (χ3v) is 3.01. The second-order valence-electron chi connectivity index (χ2n) is 2.33. The lowest BCUT2D eigenvalue weighted by Gasteiger charge is -2.20. The molecule has 1 aliphatic rings. The van der Waals surface area contributed by atoms with Gasteiger partial charge in [0.15, 0.2) is 0 Å². The van der Waals surface area contributed by atoms with E-state index in [1.807, 2.05) is 0 Å². The molecule has 0 saturated carbocycles. The molecule has 0 radical (unpaired) electrons.